The van der Waals surface area contributed by atoms with Crippen molar-refractivity contribution in [2.45, 2.75) is 12.2 Å². The SMILES string of the molecule is COC(C(=O)OCc1cccs1)(c1ccccc1)c1ccccc1. The Balaban J connectivity index is 1.99. The summed E-state index contributed by atoms with van der Waals surface area (Å²) in [6.07, 6.45) is 0. The van der Waals surface area contributed by atoms with Crippen molar-refractivity contribution in [1.29, 1.82) is 0 Å². The van der Waals surface area contributed by atoms with Gasteiger partial charge in [0.2, 0.25) is 5.60 Å². The van der Waals surface area contributed by atoms with Crippen LogP contribution in [0.3, 0.4) is 0 Å². The van der Waals surface area contributed by atoms with Crippen molar-refractivity contribution in [2.24, 2.45) is 0 Å². The van der Waals surface area contributed by atoms with Crippen LogP contribution >= 0.6 is 11.3 Å². The van der Waals surface area contributed by atoms with E-state index >= 15 is 0 Å². The van der Waals surface area contributed by atoms with Crippen molar-refractivity contribution in [1.82, 2.24) is 0 Å². The Kier molecular flexibility index (Phi) is 5.08. The third-order valence-corrected chi connectivity index (χ3v) is 4.73. The van der Waals surface area contributed by atoms with E-state index in [4.69, 9.17) is 9.47 Å². The van der Waals surface area contributed by atoms with Gasteiger partial charge < -0.3 is 9.47 Å². The van der Waals surface area contributed by atoms with Gasteiger partial charge in [-0.1, -0.05) is 66.7 Å². The van der Waals surface area contributed by atoms with E-state index in [9.17, 15) is 4.79 Å². The maximum absolute atomic E-state index is 13.0. The van der Waals surface area contributed by atoms with E-state index in [1.54, 1.807) is 11.3 Å². The minimum atomic E-state index is -1.28. The third-order valence-electron chi connectivity index (χ3n) is 3.88. The zero-order chi connectivity index (χ0) is 16.8. The molecule has 0 unspecified atom stereocenters. The molecule has 24 heavy (non-hydrogen) atoms. The second-order valence-electron chi connectivity index (χ2n) is 5.27. The molecule has 0 aliphatic heterocycles. The van der Waals surface area contributed by atoms with Gasteiger partial charge in [0, 0.05) is 12.0 Å². The van der Waals surface area contributed by atoms with Crippen molar-refractivity contribution < 1.29 is 14.3 Å². The lowest BCUT2D eigenvalue weighted by Gasteiger charge is -2.31. The van der Waals surface area contributed by atoms with Gasteiger partial charge in [-0.3, -0.25) is 0 Å². The van der Waals surface area contributed by atoms with Crippen LogP contribution < -0.4 is 0 Å². The molecule has 3 nitrogen and oxygen atoms in total. The van der Waals surface area contributed by atoms with E-state index in [2.05, 4.69) is 0 Å². The summed E-state index contributed by atoms with van der Waals surface area (Å²) < 4.78 is 11.4. The van der Waals surface area contributed by atoms with Crippen molar-refractivity contribution in [2.75, 3.05) is 7.11 Å². The zero-order valence-corrected chi connectivity index (χ0v) is 14.2. The van der Waals surface area contributed by atoms with Crippen LogP contribution in [0, 0.1) is 0 Å². The highest BCUT2D eigenvalue weighted by Crippen LogP contribution is 2.35. The molecule has 1 heterocycles. The maximum atomic E-state index is 13.0. The lowest BCUT2D eigenvalue weighted by molar-refractivity contribution is -0.166. The Morgan fingerprint density at radius 2 is 1.50 bits per heavy atom. The predicted molar refractivity (Wildman–Crippen MR) is 94.8 cm³/mol. The summed E-state index contributed by atoms with van der Waals surface area (Å²) in [6.45, 7) is 0.237. The highest BCUT2D eigenvalue weighted by Gasteiger charge is 2.44. The molecule has 0 aliphatic rings. The second-order valence-corrected chi connectivity index (χ2v) is 6.31. The smallest absolute Gasteiger partial charge is 0.348 e. The summed E-state index contributed by atoms with van der Waals surface area (Å²) in [5.74, 6) is -0.421. The van der Waals surface area contributed by atoms with Gasteiger partial charge in [0.05, 0.1) is 0 Å². The lowest BCUT2D eigenvalue weighted by Crippen LogP contribution is -2.40. The summed E-state index contributed by atoms with van der Waals surface area (Å²) in [5, 5.41) is 1.96. The molecule has 2 aromatic carbocycles. The third kappa shape index (κ3) is 3.11. The fourth-order valence-electron chi connectivity index (χ4n) is 2.70. The number of benzene rings is 2. The molecular formula is C20H18O3S. The number of esters is 1. The number of hydrogen-bond acceptors (Lipinski definition) is 4. The molecule has 122 valence electrons. The normalized spacial score (nSPS) is 11.2. The number of hydrogen-bond donors (Lipinski definition) is 0. The summed E-state index contributed by atoms with van der Waals surface area (Å²) in [5.41, 5.74) is 0.213. The molecule has 0 atom stereocenters. The summed E-state index contributed by atoms with van der Waals surface area (Å²) >= 11 is 1.56. The summed E-state index contributed by atoms with van der Waals surface area (Å²) in [7, 11) is 1.53. The van der Waals surface area contributed by atoms with Crippen LogP contribution in [0.15, 0.2) is 78.2 Å². The Hall–Kier alpha value is -2.43. The van der Waals surface area contributed by atoms with E-state index in [1.807, 2.05) is 78.2 Å². The quantitative estimate of drug-likeness (QED) is 0.626. The van der Waals surface area contributed by atoms with Crippen LogP contribution in [0.4, 0.5) is 0 Å². The van der Waals surface area contributed by atoms with E-state index in [0.29, 0.717) is 0 Å². The molecule has 0 aliphatic carbocycles. The van der Waals surface area contributed by atoms with E-state index in [1.165, 1.54) is 7.11 Å². The maximum Gasteiger partial charge on any atom is 0.348 e. The first-order chi connectivity index (χ1) is 11.8. The molecule has 0 N–H and O–H groups in total. The molecule has 3 aromatic rings. The van der Waals surface area contributed by atoms with Gasteiger partial charge in [-0.2, -0.15) is 0 Å². The van der Waals surface area contributed by atoms with Crippen LogP contribution in [-0.2, 0) is 26.5 Å². The van der Waals surface area contributed by atoms with Crippen LogP contribution in [-0.4, -0.2) is 13.1 Å². The van der Waals surface area contributed by atoms with Crippen molar-refractivity contribution in [3.63, 3.8) is 0 Å². The monoisotopic (exact) mass is 338 g/mol. The van der Waals surface area contributed by atoms with Gasteiger partial charge in [0.1, 0.15) is 6.61 Å². The van der Waals surface area contributed by atoms with Crippen molar-refractivity contribution >= 4 is 17.3 Å². The first kappa shape index (κ1) is 16.4. The largest absolute Gasteiger partial charge is 0.457 e. The molecule has 4 heteroatoms. The standard InChI is InChI=1S/C20H18O3S/c1-22-20(16-9-4-2-5-10-16,17-11-6-3-7-12-17)19(21)23-15-18-13-8-14-24-18/h2-14H,15H2,1H3. The predicted octanol–water partition coefficient (Wildman–Crippen LogP) is 4.38. The average molecular weight is 338 g/mol. The van der Waals surface area contributed by atoms with Crippen LogP contribution in [0.2, 0.25) is 0 Å². The number of carbonyl (C=O) groups excluding carboxylic acids is 1. The number of ether oxygens (including phenoxy) is 2. The van der Waals surface area contributed by atoms with E-state index in [-0.39, 0.29) is 6.61 Å². The minimum absolute atomic E-state index is 0.237. The van der Waals surface area contributed by atoms with Gasteiger partial charge in [0.15, 0.2) is 0 Å². The fourth-order valence-corrected chi connectivity index (χ4v) is 3.32. The first-order valence-electron chi connectivity index (χ1n) is 7.63. The van der Waals surface area contributed by atoms with Crippen LogP contribution in [0.1, 0.15) is 16.0 Å². The molecular weight excluding hydrogens is 320 g/mol. The summed E-state index contributed by atoms with van der Waals surface area (Å²) in [6, 6.07) is 22.8. The molecule has 0 spiro atoms. The number of carbonyl (C=O) groups is 1. The second kappa shape index (κ2) is 7.43. The van der Waals surface area contributed by atoms with Gasteiger partial charge in [-0.25, -0.2) is 4.79 Å². The van der Waals surface area contributed by atoms with E-state index < -0.39 is 11.6 Å². The van der Waals surface area contributed by atoms with Gasteiger partial charge >= 0.3 is 5.97 Å². The number of thiophene rings is 1. The van der Waals surface area contributed by atoms with Gasteiger partial charge in [-0.05, 0) is 22.6 Å². The van der Waals surface area contributed by atoms with Crippen LogP contribution in [0.5, 0.6) is 0 Å². The molecule has 0 amide bonds. The molecule has 0 saturated carbocycles. The highest BCUT2D eigenvalue weighted by molar-refractivity contribution is 7.09. The molecule has 3 rings (SSSR count). The van der Waals surface area contributed by atoms with E-state index in [0.717, 1.165) is 16.0 Å². The molecule has 0 saturated heterocycles. The minimum Gasteiger partial charge on any atom is -0.457 e. The average Bonchev–Trinajstić information content (AvgIpc) is 3.16. The number of rotatable bonds is 6. The zero-order valence-electron chi connectivity index (χ0n) is 13.3. The highest BCUT2D eigenvalue weighted by atomic mass is 32.1. The topological polar surface area (TPSA) is 35.5 Å². The molecule has 0 radical (unpaired) electrons. The molecule has 0 fully saturated rings. The Bertz CT molecular complexity index is 728. The Labute approximate surface area is 145 Å². The molecule has 1 aromatic heterocycles. The fraction of sp³-hybridized carbons (Fsp3) is 0.150. The van der Waals surface area contributed by atoms with Gasteiger partial charge in [0.25, 0.3) is 0 Å². The summed E-state index contributed by atoms with van der Waals surface area (Å²) in [4.78, 5) is 14.0. The van der Waals surface area contributed by atoms with Crippen molar-refractivity contribution in [3.05, 3.63) is 94.2 Å². The first-order valence-corrected chi connectivity index (χ1v) is 8.51. The Morgan fingerprint density at radius 3 is 1.96 bits per heavy atom. The van der Waals surface area contributed by atoms with Crippen LogP contribution in [0.25, 0.3) is 0 Å². The Morgan fingerprint density at radius 1 is 0.917 bits per heavy atom. The number of methoxy groups -OCH3 is 1. The lowest BCUT2D eigenvalue weighted by atomic mass is 9.86. The van der Waals surface area contributed by atoms with Crippen molar-refractivity contribution in [3.8, 4) is 0 Å². The molecule has 0 bridgehead atoms. The van der Waals surface area contributed by atoms with Gasteiger partial charge in [-0.15, -0.1) is 11.3 Å².